The fourth-order valence-electron chi connectivity index (χ4n) is 0.738. The maximum atomic E-state index is 9.23. The van der Waals surface area contributed by atoms with Crippen LogP contribution < -0.4 is 4.74 Å². The summed E-state index contributed by atoms with van der Waals surface area (Å²) in [6.07, 6.45) is 0.745. The molecule has 0 spiro atoms. The van der Waals surface area contributed by atoms with E-state index in [9.17, 15) is 5.11 Å². The second kappa shape index (κ2) is 3.57. The minimum absolute atomic E-state index is 0.274. The smallest absolute Gasteiger partial charge is 0.276 e. The number of hydrogen-bond donors (Lipinski definition) is 1. The van der Waals surface area contributed by atoms with Crippen molar-refractivity contribution in [3.8, 4) is 10.3 Å². The lowest BCUT2D eigenvalue weighted by Crippen LogP contribution is -1.90. The predicted molar refractivity (Wildman–Crippen MR) is 44.3 cm³/mol. The number of aromatic nitrogens is 1. The molecule has 0 saturated heterocycles. The van der Waals surface area contributed by atoms with Crippen LogP contribution in [0, 0.1) is 0 Å². The summed E-state index contributed by atoms with van der Waals surface area (Å²) in [4.78, 5) is 4.06. The Hall–Kier alpha value is -0.770. The van der Waals surface area contributed by atoms with Gasteiger partial charge in [0.25, 0.3) is 5.19 Å². The first-order valence-corrected chi connectivity index (χ1v) is 4.41. The van der Waals surface area contributed by atoms with Crippen molar-refractivity contribution < 1.29 is 9.84 Å². The minimum atomic E-state index is 0.274. The van der Waals surface area contributed by atoms with Gasteiger partial charge in [-0.15, -0.1) is 0 Å². The molecule has 4 heteroatoms. The van der Waals surface area contributed by atoms with Crippen molar-refractivity contribution in [2.75, 3.05) is 6.61 Å². The zero-order chi connectivity index (χ0) is 8.27. The highest BCUT2D eigenvalue weighted by molar-refractivity contribution is 7.15. The van der Waals surface area contributed by atoms with Crippen molar-refractivity contribution in [3.63, 3.8) is 0 Å². The summed E-state index contributed by atoms with van der Waals surface area (Å²) in [5, 5.41) is 10.1. The van der Waals surface area contributed by atoms with E-state index in [0.29, 0.717) is 11.8 Å². The molecule has 1 aromatic rings. The number of nitrogens with zero attached hydrogens (tertiary/aromatic N) is 1. The molecule has 1 aromatic heterocycles. The molecule has 0 atom stereocenters. The van der Waals surface area contributed by atoms with Gasteiger partial charge in [-0.2, -0.15) is 0 Å². The number of rotatable bonds is 3. The molecule has 1 heterocycles. The van der Waals surface area contributed by atoms with Crippen LogP contribution in [0.2, 0.25) is 0 Å². The third-order valence-corrected chi connectivity index (χ3v) is 2.07. The molecule has 11 heavy (non-hydrogen) atoms. The number of thiazole rings is 1. The van der Waals surface area contributed by atoms with Gasteiger partial charge in [-0.25, -0.2) is 4.98 Å². The van der Waals surface area contributed by atoms with E-state index in [4.69, 9.17) is 4.74 Å². The average Bonchev–Trinajstić information content (AvgIpc) is 2.32. The Morgan fingerprint density at radius 2 is 2.27 bits per heavy atom. The van der Waals surface area contributed by atoms with Crippen LogP contribution in [0.15, 0.2) is 0 Å². The van der Waals surface area contributed by atoms with Crippen LogP contribution in [-0.4, -0.2) is 16.7 Å². The Bertz CT molecular complexity index is 234. The van der Waals surface area contributed by atoms with Crippen LogP contribution >= 0.6 is 11.3 Å². The number of aromatic hydroxyl groups is 1. The van der Waals surface area contributed by atoms with Gasteiger partial charge in [0.15, 0.2) is 5.06 Å². The number of hydrogen-bond acceptors (Lipinski definition) is 4. The van der Waals surface area contributed by atoms with Gasteiger partial charge in [0.1, 0.15) is 0 Å². The monoisotopic (exact) mass is 173 g/mol. The van der Waals surface area contributed by atoms with Gasteiger partial charge < -0.3 is 9.84 Å². The van der Waals surface area contributed by atoms with Crippen LogP contribution in [0.4, 0.5) is 0 Å². The second-order valence-electron chi connectivity index (χ2n) is 2.02. The van der Waals surface area contributed by atoms with E-state index in [1.54, 1.807) is 0 Å². The standard InChI is InChI=1S/C7H11NO2S/c1-3-5-6(9)11-7(8-5)10-4-2/h9H,3-4H2,1-2H3. The average molecular weight is 173 g/mol. The van der Waals surface area contributed by atoms with E-state index in [1.807, 2.05) is 13.8 Å². The topological polar surface area (TPSA) is 42.4 Å². The van der Waals surface area contributed by atoms with E-state index in [1.165, 1.54) is 11.3 Å². The molecule has 0 aliphatic carbocycles. The highest BCUT2D eigenvalue weighted by Crippen LogP contribution is 2.31. The maximum absolute atomic E-state index is 9.23. The van der Waals surface area contributed by atoms with Gasteiger partial charge in [-0.05, 0) is 24.7 Å². The lowest BCUT2D eigenvalue weighted by atomic mass is 10.4. The Labute approximate surface area is 69.7 Å². The summed E-state index contributed by atoms with van der Waals surface area (Å²) in [6, 6.07) is 0. The van der Waals surface area contributed by atoms with Gasteiger partial charge in [0.05, 0.1) is 12.3 Å². The number of ether oxygens (including phenoxy) is 1. The first-order valence-electron chi connectivity index (χ1n) is 3.59. The van der Waals surface area contributed by atoms with Gasteiger partial charge >= 0.3 is 0 Å². The summed E-state index contributed by atoms with van der Waals surface area (Å²) >= 11 is 1.19. The van der Waals surface area contributed by atoms with Crippen molar-refractivity contribution in [1.82, 2.24) is 4.98 Å². The van der Waals surface area contributed by atoms with Crippen molar-refractivity contribution in [2.24, 2.45) is 0 Å². The lowest BCUT2D eigenvalue weighted by Gasteiger charge is -1.92. The molecule has 0 radical (unpaired) electrons. The van der Waals surface area contributed by atoms with Gasteiger partial charge in [-0.3, -0.25) is 0 Å². The zero-order valence-electron chi connectivity index (χ0n) is 6.63. The third-order valence-electron chi connectivity index (χ3n) is 1.26. The largest absolute Gasteiger partial charge is 0.498 e. The Balaban J connectivity index is 2.77. The summed E-state index contributed by atoms with van der Waals surface area (Å²) in [7, 11) is 0. The Morgan fingerprint density at radius 1 is 1.55 bits per heavy atom. The van der Waals surface area contributed by atoms with Crippen molar-refractivity contribution in [1.29, 1.82) is 0 Å². The molecular formula is C7H11NO2S. The maximum Gasteiger partial charge on any atom is 0.276 e. The highest BCUT2D eigenvalue weighted by atomic mass is 32.1. The molecule has 1 rings (SSSR count). The lowest BCUT2D eigenvalue weighted by molar-refractivity contribution is 0.337. The van der Waals surface area contributed by atoms with E-state index in [-0.39, 0.29) is 5.06 Å². The van der Waals surface area contributed by atoms with Crippen LogP contribution in [0.25, 0.3) is 0 Å². The van der Waals surface area contributed by atoms with E-state index in [0.717, 1.165) is 12.1 Å². The van der Waals surface area contributed by atoms with Crippen LogP contribution in [0.3, 0.4) is 0 Å². The summed E-state index contributed by atoms with van der Waals surface area (Å²) in [5.41, 5.74) is 0.721. The molecule has 0 unspecified atom stereocenters. The minimum Gasteiger partial charge on any atom is -0.498 e. The molecule has 0 aromatic carbocycles. The second-order valence-corrected chi connectivity index (χ2v) is 2.96. The first kappa shape index (κ1) is 8.33. The van der Waals surface area contributed by atoms with Crippen molar-refractivity contribution in [2.45, 2.75) is 20.3 Å². The van der Waals surface area contributed by atoms with Crippen molar-refractivity contribution >= 4 is 11.3 Å². The van der Waals surface area contributed by atoms with E-state index >= 15 is 0 Å². The molecule has 3 nitrogen and oxygen atoms in total. The normalized spacial score (nSPS) is 10.0. The molecule has 0 bridgehead atoms. The summed E-state index contributed by atoms with van der Waals surface area (Å²) in [6.45, 7) is 4.44. The molecular weight excluding hydrogens is 162 g/mol. The van der Waals surface area contributed by atoms with Crippen LogP contribution in [-0.2, 0) is 6.42 Å². The molecule has 0 aliphatic heterocycles. The quantitative estimate of drug-likeness (QED) is 0.758. The fourth-order valence-corrected chi connectivity index (χ4v) is 1.54. The Morgan fingerprint density at radius 3 is 2.73 bits per heavy atom. The van der Waals surface area contributed by atoms with E-state index < -0.39 is 0 Å². The van der Waals surface area contributed by atoms with Crippen LogP contribution in [0.1, 0.15) is 19.5 Å². The van der Waals surface area contributed by atoms with Crippen molar-refractivity contribution in [3.05, 3.63) is 5.69 Å². The Kier molecular flexibility index (Phi) is 2.70. The molecule has 0 fully saturated rings. The van der Waals surface area contributed by atoms with Crippen LogP contribution in [0.5, 0.6) is 10.3 Å². The molecule has 0 amide bonds. The molecule has 0 aliphatic rings. The van der Waals surface area contributed by atoms with E-state index in [2.05, 4.69) is 4.98 Å². The summed E-state index contributed by atoms with van der Waals surface area (Å²) < 4.78 is 5.12. The molecule has 0 saturated carbocycles. The first-order chi connectivity index (χ1) is 5.27. The predicted octanol–water partition coefficient (Wildman–Crippen LogP) is 1.81. The highest BCUT2D eigenvalue weighted by Gasteiger charge is 2.07. The van der Waals surface area contributed by atoms with Gasteiger partial charge in [0, 0.05) is 0 Å². The van der Waals surface area contributed by atoms with Gasteiger partial charge in [0.2, 0.25) is 0 Å². The molecule has 62 valence electrons. The van der Waals surface area contributed by atoms with Gasteiger partial charge in [-0.1, -0.05) is 6.92 Å². The SMILES string of the molecule is CCOc1nc(CC)c(O)s1. The molecule has 1 N–H and O–H groups in total. The fraction of sp³-hybridized carbons (Fsp3) is 0.571. The zero-order valence-corrected chi connectivity index (χ0v) is 7.44. The third kappa shape index (κ3) is 1.83. The summed E-state index contributed by atoms with van der Waals surface area (Å²) in [5.74, 6) is 0. The number of aryl methyl sites for hydroxylation is 1.